The maximum absolute atomic E-state index is 13.1. The molecule has 0 fully saturated rings. The van der Waals surface area contributed by atoms with E-state index in [-0.39, 0.29) is 27.7 Å². The van der Waals surface area contributed by atoms with Gasteiger partial charge in [0.15, 0.2) is 0 Å². The average Bonchev–Trinajstić information content (AvgIpc) is 2.78. The Kier molecular flexibility index (Phi) is 7.22. The second kappa shape index (κ2) is 9.88. The third-order valence-electron chi connectivity index (χ3n) is 4.53. The molecule has 0 spiro atoms. The Hall–Kier alpha value is -3.30. The van der Waals surface area contributed by atoms with Crippen LogP contribution in [0.1, 0.15) is 15.9 Å². The van der Waals surface area contributed by atoms with Gasteiger partial charge in [0.1, 0.15) is 17.3 Å². The van der Waals surface area contributed by atoms with Gasteiger partial charge in [-0.2, -0.15) is 0 Å². The molecule has 0 aromatic heterocycles. The van der Waals surface area contributed by atoms with Crippen molar-refractivity contribution in [2.24, 2.45) is 0 Å². The summed E-state index contributed by atoms with van der Waals surface area (Å²) in [5.74, 6) is 0.164. The van der Waals surface area contributed by atoms with E-state index in [1.807, 2.05) is 0 Å². The van der Waals surface area contributed by atoms with Gasteiger partial charge in [0.25, 0.3) is 15.9 Å². The van der Waals surface area contributed by atoms with Crippen molar-refractivity contribution in [3.05, 3.63) is 82.6 Å². The van der Waals surface area contributed by atoms with Gasteiger partial charge in [0.05, 0.1) is 29.8 Å². The van der Waals surface area contributed by atoms with Crippen LogP contribution < -0.4 is 19.5 Å². The minimum atomic E-state index is -4.03. The predicted octanol–water partition coefficient (Wildman–Crippen LogP) is 4.23. The Bertz CT molecular complexity index is 1230. The van der Waals surface area contributed by atoms with Crippen LogP contribution in [0.4, 0.5) is 10.1 Å². The van der Waals surface area contributed by atoms with Crippen LogP contribution in [0.2, 0.25) is 5.02 Å². The van der Waals surface area contributed by atoms with E-state index in [1.54, 1.807) is 25.3 Å². The molecule has 0 aliphatic carbocycles. The Morgan fingerprint density at radius 3 is 2.38 bits per heavy atom. The number of rotatable bonds is 8. The molecule has 0 atom stereocenters. The van der Waals surface area contributed by atoms with E-state index < -0.39 is 21.7 Å². The molecule has 3 rings (SSSR count). The molecule has 1 amide bonds. The number of sulfonamides is 1. The summed E-state index contributed by atoms with van der Waals surface area (Å²) in [4.78, 5) is 12.5. The molecule has 32 heavy (non-hydrogen) atoms. The summed E-state index contributed by atoms with van der Waals surface area (Å²) < 4.78 is 51.0. The first-order valence-electron chi connectivity index (χ1n) is 9.30. The predicted molar refractivity (Wildman–Crippen MR) is 119 cm³/mol. The fourth-order valence-corrected chi connectivity index (χ4v) is 4.13. The highest BCUT2D eigenvalue weighted by molar-refractivity contribution is 7.92. The van der Waals surface area contributed by atoms with Crippen molar-refractivity contribution < 1.29 is 27.1 Å². The molecule has 3 aromatic carbocycles. The zero-order valence-corrected chi connectivity index (χ0v) is 18.8. The summed E-state index contributed by atoms with van der Waals surface area (Å²) in [5.41, 5.74) is 0.942. The van der Waals surface area contributed by atoms with Crippen molar-refractivity contribution in [2.45, 2.75) is 11.4 Å². The van der Waals surface area contributed by atoms with Gasteiger partial charge in [-0.1, -0.05) is 11.6 Å². The van der Waals surface area contributed by atoms with Crippen LogP contribution in [-0.4, -0.2) is 28.5 Å². The number of amides is 1. The number of ether oxygens (including phenoxy) is 2. The molecular weight excluding hydrogens is 459 g/mol. The van der Waals surface area contributed by atoms with E-state index in [2.05, 4.69) is 10.0 Å². The summed E-state index contributed by atoms with van der Waals surface area (Å²) in [6, 6.07) is 13.7. The molecule has 2 N–H and O–H groups in total. The minimum absolute atomic E-state index is 0.0191. The van der Waals surface area contributed by atoms with Gasteiger partial charge in [0, 0.05) is 23.7 Å². The fourth-order valence-electron chi connectivity index (χ4n) is 2.84. The van der Waals surface area contributed by atoms with E-state index in [0.29, 0.717) is 11.5 Å². The zero-order valence-electron chi connectivity index (χ0n) is 17.2. The van der Waals surface area contributed by atoms with Crippen LogP contribution >= 0.6 is 11.6 Å². The SMILES string of the molecule is COc1ccc(CNC(=O)c2ccc(Cl)c(NS(=O)(=O)c3ccc(F)cc3)c2)c(OC)c1. The van der Waals surface area contributed by atoms with Gasteiger partial charge in [-0.05, 0) is 54.6 Å². The largest absolute Gasteiger partial charge is 0.497 e. The number of benzene rings is 3. The van der Waals surface area contributed by atoms with Gasteiger partial charge >= 0.3 is 0 Å². The summed E-state index contributed by atoms with van der Waals surface area (Å²) in [7, 11) is -0.974. The molecule has 0 bridgehead atoms. The lowest BCUT2D eigenvalue weighted by Crippen LogP contribution is -2.23. The normalized spacial score (nSPS) is 11.0. The zero-order chi connectivity index (χ0) is 23.3. The molecule has 168 valence electrons. The standard InChI is InChI=1S/C22H20ClFN2O5S/c1-30-17-7-3-15(21(12-17)31-2)13-25-22(27)14-4-10-19(23)20(11-14)26-32(28,29)18-8-5-16(24)6-9-18/h3-12,26H,13H2,1-2H3,(H,25,27). The van der Waals surface area contributed by atoms with Crippen molar-refractivity contribution in [3.63, 3.8) is 0 Å². The molecule has 0 saturated heterocycles. The van der Waals surface area contributed by atoms with E-state index in [4.69, 9.17) is 21.1 Å². The molecule has 0 aliphatic heterocycles. The monoisotopic (exact) mass is 478 g/mol. The van der Waals surface area contributed by atoms with Crippen LogP contribution in [0.25, 0.3) is 0 Å². The summed E-state index contributed by atoms with van der Waals surface area (Å²) in [5, 5.41) is 2.85. The molecule has 0 unspecified atom stereocenters. The van der Waals surface area contributed by atoms with Crippen molar-refractivity contribution in [3.8, 4) is 11.5 Å². The van der Waals surface area contributed by atoms with Gasteiger partial charge in [-0.25, -0.2) is 12.8 Å². The molecule has 0 saturated carbocycles. The van der Waals surface area contributed by atoms with Crippen LogP contribution in [0.3, 0.4) is 0 Å². The Morgan fingerprint density at radius 1 is 1.00 bits per heavy atom. The van der Waals surface area contributed by atoms with Crippen LogP contribution in [0.15, 0.2) is 65.6 Å². The van der Waals surface area contributed by atoms with Crippen molar-refractivity contribution in [1.29, 1.82) is 0 Å². The van der Waals surface area contributed by atoms with Crippen molar-refractivity contribution in [1.82, 2.24) is 5.32 Å². The molecule has 0 radical (unpaired) electrons. The highest BCUT2D eigenvalue weighted by Gasteiger charge is 2.18. The molecular formula is C22H20ClFN2O5S. The number of nitrogens with one attached hydrogen (secondary N) is 2. The van der Waals surface area contributed by atoms with Gasteiger partial charge < -0.3 is 14.8 Å². The number of carbonyl (C=O) groups is 1. The van der Waals surface area contributed by atoms with Crippen LogP contribution in [-0.2, 0) is 16.6 Å². The third-order valence-corrected chi connectivity index (χ3v) is 6.24. The van der Waals surface area contributed by atoms with Gasteiger partial charge in [-0.15, -0.1) is 0 Å². The Morgan fingerprint density at radius 2 is 1.72 bits per heavy atom. The van der Waals surface area contributed by atoms with Crippen LogP contribution in [0, 0.1) is 5.82 Å². The molecule has 3 aromatic rings. The quantitative estimate of drug-likeness (QED) is 0.505. The van der Waals surface area contributed by atoms with Crippen molar-refractivity contribution >= 4 is 33.2 Å². The second-order valence-electron chi connectivity index (χ2n) is 6.61. The molecule has 0 heterocycles. The highest BCUT2D eigenvalue weighted by atomic mass is 35.5. The number of hydrogen-bond donors (Lipinski definition) is 2. The minimum Gasteiger partial charge on any atom is -0.497 e. The van der Waals surface area contributed by atoms with E-state index in [9.17, 15) is 17.6 Å². The smallest absolute Gasteiger partial charge is 0.261 e. The fraction of sp³-hybridized carbons (Fsp3) is 0.136. The number of carbonyl (C=O) groups excluding carboxylic acids is 1. The van der Waals surface area contributed by atoms with Gasteiger partial charge in [-0.3, -0.25) is 9.52 Å². The average molecular weight is 479 g/mol. The third kappa shape index (κ3) is 5.49. The number of methoxy groups -OCH3 is 2. The molecule has 10 heteroatoms. The van der Waals surface area contributed by atoms with Crippen LogP contribution in [0.5, 0.6) is 11.5 Å². The lowest BCUT2D eigenvalue weighted by molar-refractivity contribution is 0.0950. The molecule has 0 aliphatic rings. The summed E-state index contributed by atoms with van der Waals surface area (Å²) >= 11 is 6.11. The Labute approximate surface area is 190 Å². The number of halogens is 2. The number of anilines is 1. The summed E-state index contributed by atoms with van der Waals surface area (Å²) in [6.45, 7) is 0.172. The number of hydrogen-bond acceptors (Lipinski definition) is 5. The lowest BCUT2D eigenvalue weighted by atomic mass is 10.1. The summed E-state index contributed by atoms with van der Waals surface area (Å²) in [6.07, 6.45) is 0. The highest BCUT2D eigenvalue weighted by Crippen LogP contribution is 2.27. The maximum Gasteiger partial charge on any atom is 0.261 e. The Balaban J connectivity index is 1.76. The first kappa shape index (κ1) is 23.4. The van der Waals surface area contributed by atoms with Crippen molar-refractivity contribution in [2.75, 3.05) is 18.9 Å². The lowest BCUT2D eigenvalue weighted by Gasteiger charge is -2.13. The first-order valence-corrected chi connectivity index (χ1v) is 11.2. The first-order chi connectivity index (χ1) is 15.2. The molecule has 7 nitrogen and oxygen atoms in total. The van der Waals surface area contributed by atoms with E-state index in [1.165, 1.54) is 25.3 Å². The van der Waals surface area contributed by atoms with E-state index in [0.717, 1.165) is 29.8 Å². The van der Waals surface area contributed by atoms with Gasteiger partial charge in [0.2, 0.25) is 0 Å². The topological polar surface area (TPSA) is 93.7 Å². The van der Waals surface area contributed by atoms with E-state index >= 15 is 0 Å². The maximum atomic E-state index is 13.1. The second-order valence-corrected chi connectivity index (χ2v) is 8.70.